The number of aromatic nitrogens is 1. The fourth-order valence-corrected chi connectivity index (χ4v) is 3.93. The Kier molecular flexibility index (Phi) is 4.10. The number of hydrogen-bond acceptors (Lipinski definition) is 5. The Balaban J connectivity index is 2.35. The summed E-state index contributed by atoms with van der Waals surface area (Å²) in [6, 6.07) is 4.68. The topological polar surface area (TPSA) is 79.3 Å². The van der Waals surface area contributed by atoms with Crippen molar-refractivity contribution in [3.8, 4) is 0 Å². The molecule has 0 aliphatic rings. The third-order valence-electron chi connectivity index (χ3n) is 2.44. The molecule has 0 aliphatic heterocycles. The minimum atomic E-state index is -3.73. The molecule has 0 unspecified atom stereocenters. The number of rotatable bonds is 4. The molecule has 2 N–H and O–H groups in total. The molecule has 0 bridgehead atoms. The van der Waals surface area contributed by atoms with Crippen LogP contribution in [0.5, 0.6) is 0 Å². The lowest BCUT2D eigenvalue weighted by Crippen LogP contribution is -2.14. The van der Waals surface area contributed by atoms with Crippen LogP contribution in [0.25, 0.3) is 0 Å². The highest BCUT2D eigenvalue weighted by atomic mass is 35.5. The third kappa shape index (κ3) is 3.06. The van der Waals surface area contributed by atoms with E-state index in [4.69, 9.17) is 16.7 Å². The van der Waals surface area contributed by atoms with Crippen LogP contribution in [0.4, 0.5) is 5.13 Å². The second-order valence-electron chi connectivity index (χ2n) is 3.77. The molecule has 0 saturated heterocycles. The lowest BCUT2D eigenvalue weighted by molar-refractivity contribution is 0.278. The Morgan fingerprint density at radius 3 is 2.84 bits per heavy atom. The van der Waals surface area contributed by atoms with Crippen molar-refractivity contribution >= 4 is 38.1 Å². The van der Waals surface area contributed by atoms with E-state index in [1.54, 1.807) is 24.4 Å². The van der Waals surface area contributed by atoms with E-state index in [2.05, 4.69) is 9.71 Å². The molecule has 0 fully saturated rings. The molecule has 1 heterocycles. The molecule has 5 nitrogen and oxygen atoms in total. The highest BCUT2D eigenvalue weighted by molar-refractivity contribution is 7.93. The van der Waals surface area contributed by atoms with Gasteiger partial charge < -0.3 is 5.11 Å². The molecular weight excluding hydrogens is 308 g/mol. The third-order valence-corrected chi connectivity index (χ3v) is 5.27. The molecular formula is C11H11ClN2O3S2. The van der Waals surface area contributed by atoms with Crippen LogP contribution in [-0.4, -0.2) is 18.5 Å². The summed E-state index contributed by atoms with van der Waals surface area (Å²) in [5.74, 6) is 0. The predicted molar refractivity (Wildman–Crippen MR) is 75.0 cm³/mol. The summed E-state index contributed by atoms with van der Waals surface area (Å²) in [6.45, 7) is 1.41. The summed E-state index contributed by atoms with van der Waals surface area (Å²) >= 11 is 7.02. The van der Waals surface area contributed by atoms with Crippen LogP contribution >= 0.6 is 22.9 Å². The minimum absolute atomic E-state index is 0.112. The van der Waals surface area contributed by atoms with Crippen LogP contribution in [0.15, 0.2) is 28.5 Å². The van der Waals surface area contributed by atoms with Crippen molar-refractivity contribution in [2.75, 3.05) is 4.72 Å². The summed E-state index contributed by atoms with van der Waals surface area (Å²) in [6.07, 6.45) is 0. The van der Waals surface area contributed by atoms with Gasteiger partial charge in [0.15, 0.2) is 5.13 Å². The maximum Gasteiger partial charge on any atom is 0.263 e. The Morgan fingerprint density at radius 2 is 2.21 bits per heavy atom. The molecule has 0 spiro atoms. The van der Waals surface area contributed by atoms with E-state index in [0.29, 0.717) is 16.3 Å². The molecule has 0 radical (unpaired) electrons. The number of nitrogens with zero attached hydrogens (tertiary/aromatic N) is 1. The van der Waals surface area contributed by atoms with E-state index in [-0.39, 0.29) is 16.6 Å². The number of thiazole rings is 1. The van der Waals surface area contributed by atoms with Crippen molar-refractivity contribution in [2.24, 2.45) is 0 Å². The normalized spacial score (nSPS) is 11.5. The lowest BCUT2D eigenvalue weighted by atomic mass is 10.2. The van der Waals surface area contributed by atoms with Gasteiger partial charge in [0.2, 0.25) is 0 Å². The fourth-order valence-electron chi connectivity index (χ4n) is 1.48. The maximum absolute atomic E-state index is 12.2. The zero-order valence-electron chi connectivity index (χ0n) is 9.92. The molecule has 2 aromatic rings. The van der Waals surface area contributed by atoms with E-state index in [0.717, 1.165) is 11.3 Å². The largest absolute Gasteiger partial charge is 0.390 e. The summed E-state index contributed by atoms with van der Waals surface area (Å²) in [7, 11) is -3.73. The Hall–Kier alpha value is -1.15. The molecule has 8 heteroatoms. The molecule has 0 amide bonds. The smallest absolute Gasteiger partial charge is 0.263 e. The van der Waals surface area contributed by atoms with Gasteiger partial charge in [-0.05, 0) is 24.6 Å². The van der Waals surface area contributed by atoms with Gasteiger partial charge in [0.25, 0.3) is 10.0 Å². The van der Waals surface area contributed by atoms with Crippen LogP contribution in [-0.2, 0) is 16.6 Å². The van der Waals surface area contributed by atoms with Gasteiger partial charge in [0.1, 0.15) is 0 Å². The van der Waals surface area contributed by atoms with Crippen LogP contribution < -0.4 is 4.72 Å². The first-order chi connectivity index (χ1) is 8.94. The van der Waals surface area contributed by atoms with E-state index < -0.39 is 10.0 Å². The molecule has 0 aliphatic carbocycles. The number of aliphatic hydroxyl groups is 1. The second-order valence-corrected chi connectivity index (χ2v) is 6.69. The van der Waals surface area contributed by atoms with Crippen molar-refractivity contribution < 1.29 is 13.5 Å². The van der Waals surface area contributed by atoms with Gasteiger partial charge in [-0.2, -0.15) is 0 Å². The van der Waals surface area contributed by atoms with E-state index in [1.165, 1.54) is 6.07 Å². The highest BCUT2D eigenvalue weighted by Crippen LogP contribution is 2.25. The van der Waals surface area contributed by atoms with E-state index >= 15 is 0 Å². The number of anilines is 1. The summed E-state index contributed by atoms with van der Waals surface area (Å²) in [4.78, 5) is 4.05. The zero-order chi connectivity index (χ0) is 14.0. The number of aliphatic hydroxyl groups excluding tert-OH is 1. The van der Waals surface area contributed by atoms with Crippen molar-refractivity contribution in [1.29, 1.82) is 0 Å². The monoisotopic (exact) mass is 318 g/mol. The van der Waals surface area contributed by atoms with Crippen molar-refractivity contribution in [3.63, 3.8) is 0 Å². The summed E-state index contributed by atoms with van der Waals surface area (Å²) in [5, 5.41) is 11.1. The van der Waals surface area contributed by atoms with Gasteiger partial charge in [-0.15, -0.1) is 11.3 Å². The molecule has 19 heavy (non-hydrogen) atoms. The number of halogens is 1. The SMILES string of the molecule is Cc1c(Cl)cccc1S(=O)(=O)Nc1nc(CO)cs1. The quantitative estimate of drug-likeness (QED) is 0.907. The molecule has 1 aromatic carbocycles. The number of benzene rings is 1. The minimum Gasteiger partial charge on any atom is -0.390 e. The van der Waals surface area contributed by atoms with Gasteiger partial charge in [0, 0.05) is 10.4 Å². The average molecular weight is 319 g/mol. The summed E-state index contributed by atoms with van der Waals surface area (Å²) in [5.41, 5.74) is 0.904. The molecule has 102 valence electrons. The molecule has 1 aromatic heterocycles. The first kappa shape index (κ1) is 14.3. The van der Waals surface area contributed by atoms with E-state index in [9.17, 15) is 8.42 Å². The molecule has 0 atom stereocenters. The number of nitrogens with one attached hydrogen (secondary N) is 1. The fraction of sp³-hybridized carbons (Fsp3) is 0.182. The van der Waals surface area contributed by atoms with Crippen molar-refractivity contribution in [3.05, 3.63) is 39.9 Å². The first-order valence-corrected chi connectivity index (χ1v) is 8.01. The van der Waals surface area contributed by atoms with Gasteiger partial charge in [-0.1, -0.05) is 17.7 Å². The number of sulfonamides is 1. The zero-order valence-corrected chi connectivity index (χ0v) is 12.3. The maximum atomic E-state index is 12.2. The van der Waals surface area contributed by atoms with Gasteiger partial charge in [0.05, 0.1) is 17.2 Å². The standard InChI is InChI=1S/C11H11ClN2O3S2/c1-7-9(12)3-2-4-10(7)19(16,17)14-11-13-8(5-15)6-18-11/h2-4,6,15H,5H2,1H3,(H,13,14). The molecule has 2 rings (SSSR count). The van der Waals surface area contributed by atoms with Gasteiger partial charge >= 0.3 is 0 Å². The Bertz CT molecular complexity index is 698. The van der Waals surface area contributed by atoms with Crippen molar-refractivity contribution in [2.45, 2.75) is 18.4 Å². The number of hydrogen-bond donors (Lipinski definition) is 2. The Morgan fingerprint density at radius 1 is 1.47 bits per heavy atom. The van der Waals surface area contributed by atoms with Crippen molar-refractivity contribution in [1.82, 2.24) is 4.98 Å². The van der Waals surface area contributed by atoms with Gasteiger partial charge in [-0.3, -0.25) is 4.72 Å². The van der Waals surface area contributed by atoms with Crippen LogP contribution in [0.2, 0.25) is 5.02 Å². The predicted octanol–water partition coefficient (Wildman–Crippen LogP) is 2.40. The van der Waals surface area contributed by atoms with Crippen LogP contribution in [0, 0.1) is 6.92 Å². The van der Waals surface area contributed by atoms with E-state index in [1.807, 2.05) is 0 Å². The summed E-state index contributed by atoms with van der Waals surface area (Å²) < 4.78 is 26.8. The lowest BCUT2D eigenvalue weighted by Gasteiger charge is -2.09. The van der Waals surface area contributed by atoms with Gasteiger partial charge in [-0.25, -0.2) is 13.4 Å². The second kappa shape index (κ2) is 5.46. The highest BCUT2D eigenvalue weighted by Gasteiger charge is 2.19. The Labute approximate surface area is 119 Å². The molecule has 0 saturated carbocycles. The average Bonchev–Trinajstić information content (AvgIpc) is 2.79. The first-order valence-electron chi connectivity index (χ1n) is 5.27. The van der Waals surface area contributed by atoms with Crippen LogP contribution in [0.3, 0.4) is 0 Å². The van der Waals surface area contributed by atoms with Crippen LogP contribution in [0.1, 0.15) is 11.3 Å².